The molecule has 0 saturated heterocycles. The molecule has 0 unspecified atom stereocenters. The highest BCUT2D eigenvalue weighted by molar-refractivity contribution is 6.10. The average Bonchev–Trinajstić information content (AvgIpc) is 3.29. The molecule has 0 spiro atoms. The fourth-order valence-electron chi connectivity index (χ4n) is 8.61. The van der Waals surface area contributed by atoms with Gasteiger partial charge in [0.15, 0.2) is 0 Å². The summed E-state index contributed by atoms with van der Waals surface area (Å²) in [5, 5.41) is 7.60. The van der Waals surface area contributed by atoms with Crippen molar-refractivity contribution < 1.29 is 0 Å². The van der Waals surface area contributed by atoms with Crippen LogP contribution in [-0.4, -0.2) is 0 Å². The van der Waals surface area contributed by atoms with Crippen LogP contribution in [-0.2, 0) is 5.41 Å². The molecule has 0 saturated carbocycles. The molecule has 0 nitrogen and oxygen atoms in total. The molecule has 1 aliphatic rings. The molecule has 0 radical (unpaired) electrons. The molecule has 0 aliphatic heterocycles. The largest absolute Gasteiger partial charge is 0.0713 e. The summed E-state index contributed by atoms with van der Waals surface area (Å²) in [5.41, 5.74) is 12.2. The van der Waals surface area contributed by atoms with Crippen molar-refractivity contribution in [1.29, 1.82) is 0 Å². The number of hydrogen-bond donors (Lipinski definition) is 0. The summed E-state index contributed by atoms with van der Waals surface area (Å²) in [6, 6.07) is 72.1. The minimum Gasteiger partial charge on any atom is -0.0622 e. The minimum atomic E-state index is -0.533. The van der Waals surface area contributed by atoms with Crippen LogP contribution in [0, 0.1) is 0 Å². The molecule has 0 N–H and O–H groups in total. The van der Waals surface area contributed by atoms with Gasteiger partial charge < -0.3 is 0 Å². The Morgan fingerprint density at radius 1 is 0.265 bits per heavy atom. The van der Waals surface area contributed by atoms with E-state index in [2.05, 4.69) is 194 Å². The van der Waals surface area contributed by atoms with Crippen LogP contribution in [0.15, 0.2) is 194 Å². The smallest absolute Gasteiger partial charge is 0.0622 e. The van der Waals surface area contributed by atoms with E-state index in [1.54, 1.807) is 0 Å². The first-order valence-corrected chi connectivity index (χ1v) is 17.1. The van der Waals surface area contributed by atoms with E-state index in [9.17, 15) is 0 Å². The summed E-state index contributed by atoms with van der Waals surface area (Å²) in [6.45, 7) is 0. The summed E-state index contributed by atoms with van der Waals surface area (Å²) in [6.07, 6.45) is 0. The van der Waals surface area contributed by atoms with E-state index >= 15 is 0 Å². The second-order valence-corrected chi connectivity index (χ2v) is 13.2. The lowest BCUT2D eigenvalue weighted by molar-refractivity contribution is 0.753. The van der Waals surface area contributed by atoms with E-state index in [-0.39, 0.29) is 0 Å². The van der Waals surface area contributed by atoms with Crippen LogP contribution in [0.2, 0.25) is 0 Å². The van der Waals surface area contributed by atoms with E-state index in [4.69, 9.17) is 0 Å². The van der Waals surface area contributed by atoms with Crippen LogP contribution >= 0.6 is 0 Å². The number of fused-ring (bicyclic) bond motifs is 9. The standard InChI is InChI=1S/C49H32/c1-2-15-37(16-3-1)49(47-23-10-8-20-45(47)43-18-6-7-19-44(43)46-21-9-11-24-48(46)49)38-28-30-42-36(32-38)26-25-34-31-35(27-29-41(34)42)40-22-12-14-33-13-4-5-17-39(33)40/h1-32H. The Bertz CT molecular complexity index is 2640. The van der Waals surface area contributed by atoms with Crippen LogP contribution in [0.25, 0.3) is 65.7 Å². The summed E-state index contributed by atoms with van der Waals surface area (Å²) in [4.78, 5) is 0. The molecular weight excluding hydrogens is 589 g/mol. The molecule has 0 atom stereocenters. The molecule has 9 aromatic rings. The molecule has 0 fully saturated rings. The predicted octanol–water partition coefficient (Wildman–Crippen LogP) is 12.8. The number of rotatable bonds is 3. The second kappa shape index (κ2) is 10.9. The average molecular weight is 621 g/mol. The van der Waals surface area contributed by atoms with Crippen molar-refractivity contribution >= 4 is 32.3 Å². The quantitative estimate of drug-likeness (QED) is 0.172. The van der Waals surface area contributed by atoms with E-state index in [1.165, 1.54) is 88.0 Å². The first-order chi connectivity index (χ1) is 24.3. The lowest BCUT2D eigenvalue weighted by atomic mass is 9.63. The van der Waals surface area contributed by atoms with Crippen molar-refractivity contribution in [3.63, 3.8) is 0 Å². The SMILES string of the molecule is c1ccc(C2(c3ccc4c(ccc5cc(-c6cccc7ccccc67)ccc54)c3)c3ccccc3-c3ccccc3-c3ccccc32)cc1. The van der Waals surface area contributed by atoms with E-state index < -0.39 is 5.41 Å². The Labute approximate surface area is 286 Å². The van der Waals surface area contributed by atoms with Gasteiger partial charge in [-0.3, -0.25) is 0 Å². The predicted molar refractivity (Wildman–Crippen MR) is 207 cm³/mol. The van der Waals surface area contributed by atoms with Crippen LogP contribution in [0.3, 0.4) is 0 Å². The Balaban J connectivity index is 1.24. The van der Waals surface area contributed by atoms with Gasteiger partial charge in [0, 0.05) is 0 Å². The van der Waals surface area contributed by atoms with Gasteiger partial charge in [0.25, 0.3) is 0 Å². The maximum atomic E-state index is 2.45. The third-order valence-corrected chi connectivity index (χ3v) is 10.7. The Hall–Kier alpha value is -6.24. The van der Waals surface area contributed by atoms with Crippen LogP contribution < -0.4 is 0 Å². The minimum absolute atomic E-state index is 0.533. The summed E-state index contributed by atoms with van der Waals surface area (Å²) in [5.74, 6) is 0. The van der Waals surface area contributed by atoms with Gasteiger partial charge in [0.2, 0.25) is 0 Å². The van der Waals surface area contributed by atoms with Gasteiger partial charge in [-0.2, -0.15) is 0 Å². The third-order valence-electron chi connectivity index (χ3n) is 10.7. The summed E-state index contributed by atoms with van der Waals surface area (Å²) in [7, 11) is 0. The van der Waals surface area contributed by atoms with Gasteiger partial charge in [-0.25, -0.2) is 0 Å². The fourth-order valence-corrected chi connectivity index (χ4v) is 8.61. The Morgan fingerprint density at radius 3 is 1.51 bits per heavy atom. The molecule has 0 heterocycles. The number of benzene rings is 9. The molecular formula is C49H32. The van der Waals surface area contributed by atoms with Crippen LogP contribution in [0.1, 0.15) is 22.3 Å². The molecule has 9 aromatic carbocycles. The molecule has 1 aliphatic carbocycles. The first kappa shape index (κ1) is 27.8. The number of hydrogen-bond acceptors (Lipinski definition) is 0. The highest BCUT2D eigenvalue weighted by Crippen LogP contribution is 2.55. The zero-order valence-electron chi connectivity index (χ0n) is 27.0. The lowest BCUT2D eigenvalue weighted by Crippen LogP contribution is -2.31. The molecule has 10 rings (SSSR count). The highest BCUT2D eigenvalue weighted by atomic mass is 14.4. The van der Waals surface area contributed by atoms with Crippen molar-refractivity contribution in [3.05, 3.63) is 216 Å². The van der Waals surface area contributed by atoms with Crippen LogP contribution in [0.4, 0.5) is 0 Å². The van der Waals surface area contributed by atoms with Crippen molar-refractivity contribution in [2.24, 2.45) is 0 Å². The molecule has 49 heavy (non-hydrogen) atoms. The Morgan fingerprint density at radius 2 is 0.796 bits per heavy atom. The van der Waals surface area contributed by atoms with E-state index in [1.807, 2.05) is 0 Å². The highest BCUT2D eigenvalue weighted by Gasteiger charge is 2.43. The maximum Gasteiger partial charge on any atom is 0.0713 e. The zero-order valence-corrected chi connectivity index (χ0v) is 27.0. The molecule has 0 amide bonds. The molecule has 0 aromatic heterocycles. The lowest BCUT2D eigenvalue weighted by Gasteiger charge is -2.38. The molecule has 228 valence electrons. The van der Waals surface area contributed by atoms with Gasteiger partial charge in [0.1, 0.15) is 0 Å². The van der Waals surface area contributed by atoms with Gasteiger partial charge in [-0.15, -0.1) is 0 Å². The monoisotopic (exact) mass is 620 g/mol. The maximum absolute atomic E-state index is 2.45. The molecule has 0 bridgehead atoms. The molecule has 0 heteroatoms. The first-order valence-electron chi connectivity index (χ1n) is 17.1. The fraction of sp³-hybridized carbons (Fsp3) is 0.0204. The van der Waals surface area contributed by atoms with E-state index in [0.29, 0.717) is 0 Å². The van der Waals surface area contributed by atoms with Crippen molar-refractivity contribution in [2.75, 3.05) is 0 Å². The van der Waals surface area contributed by atoms with Crippen LogP contribution in [0.5, 0.6) is 0 Å². The summed E-state index contributed by atoms with van der Waals surface area (Å²) >= 11 is 0. The van der Waals surface area contributed by atoms with Gasteiger partial charge in [0.05, 0.1) is 5.41 Å². The topological polar surface area (TPSA) is 0 Å². The second-order valence-electron chi connectivity index (χ2n) is 13.2. The van der Waals surface area contributed by atoms with E-state index in [0.717, 1.165) is 0 Å². The van der Waals surface area contributed by atoms with Gasteiger partial charge >= 0.3 is 0 Å². The van der Waals surface area contributed by atoms with Gasteiger partial charge in [-0.05, 0) is 100 Å². The normalized spacial score (nSPS) is 13.1. The van der Waals surface area contributed by atoms with Crippen molar-refractivity contribution in [3.8, 4) is 33.4 Å². The third kappa shape index (κ3) is 4.11. The zero-order chi connectivity index (χ0) is 32.4. The summed E-state index contributed by atoms with van der Waals surface area (Å²) < 4.78 is 0. The van der Waals surface area contributed by atoms with Crippen molar-refractivity contribution in [1.82, 2.24) is 0 Å². The van der Waals surface area contributed by atoms with Gasteiger partial charge in [-0.1, -0.05) is 182 Å². The van der Waals surface area contributed by atoms with Crippen molar-refractivity contribution in [2.45, 2.75) is 5.41 Å². The Kier molecular flexibility index (Phi) is 6.19.